The van der Waals surface area contributed by atoms with Crippen LogP contribution in [0.2, 0.25) is 0 Å². The van der Waals surface area contributed by atoms with Gasteiger partial charge in [0.1, 0.15) is 5.60 Å². The quantitative estimate of drug-likeness (QED) is 0.800. The van der Waals surface area contributed by atoms with E-state index in [1.165, 1.54) is 0 Å². The number of nitrogens with zero attached hydrogens (tertiary/aromatic N) is 3. The third-order valence-corrected chi connectivity index (χ3v) is 4.03. The lowest BCUT2D eigenvalue weighted by Crippen LogP contribution is -2.41. The zero-order valence-electron chi connectivity index (χ0n) is 13.1. The van der Waals surface area contributed by atoms with Crippen molar-refractivity contribution in [1.29, 1.82) is 0 Å². The maximum absolute atomic E-state index is 13.0. The van der Waals surface area contributed by atoms with Crippen molar-refractivity contribution in [1.82, 2.24) is 14.7 Å². The highest BCUT2D eigenvalue weighted by atomic mass is 19.3. The van der Waals surface area contributed by atoms with Gasteiger partial charge in [-0.1, -0.05) is 0 Å². The molecule has 0 saturated heterocycles. The number of hydrogen-bond donors (Lipinski definition) is 0. The standard InChI is InChI=1S/C15H21F2N3O2/c1-14(2,3)22-13(21)19-5-4-12-10(9-19)8-18-20(12)11-6-15(16,17)7-11/h8,11H,4-7,9H2,1-3H3. The number of aromatic nitrogens is 2. The van der Waals surface area contributed by atoms with Gasteiger partial charge in [0.25, 0.3) is 5.92 Å². The second-order valence-electron chi connectivity index (χ2n) is 7.13. The predicted molar refractivity (Wildman–Crippen MR) is 75.8 cm³/mol. The van der Waals surface area contributed by atoms with E-state index in [0.717, 1.165) is 11.3 Å². The van der Waals surface area contributed by atoms with E-state index >= 15 is 0 Å². The Kier molecular flexibility index (Phi) is 3.41. The Balaban J connectivity index is 1.68. The smallest absolute Gasteiger partial charge is 0.410 e. The van der Waals surface area contributed by atoms with E-state index in [1.54, 1.807) is 15.8 Å². The molecule has 1 amide bonds. The summed E-state index contributed by atoms with van der Waals surface area (Å²) >= 11 is 0. The number of carbonyl (C=O) groups excluding carboxylic acids is 1. The molecule has 0 spiro atoms. The lowest BCUT2D eigenvalue weighted by molar-refractivity contribution is -0.107. The minimum atomic E-state index is -2.55. The van der Waals surface area contributed by atoms with Gasteiger partial charge in [0.05, 0.1) is 18.8 Å². The van der Waals surface area contributed by atoms with Gasteiger partial charge in [0.2, 0.25) is 0 Å². The van der Waals surface area contributed by atoms with Crippen molar-refractivity contribution in [3.63, 3.8) is 0 Å². The van der Waals surface area contributed by atoms with Crippen LogP contribution >= 0.6 is 0 Å². The molecule has 1 aliphatic carbocycles. The van der Waals surface area contributed by atoms with Crippen LogP contribution < -0.4 is 0 Å². The molecule has 1 fully saturated rings. The molecule has 2 heterocycles. The van der Waals surface area contributed by atoms with E-state index in [9.17, 15) is 13.6 Å². The summed E-state index contributed by atoms with van der Waals surface area (Å²) in [5, 5.41) is 4.26. The number of hydrogen-bond acceptors (Lipinski definition) is 3. The van der Waals surface area contributed by atoms with Gasteiger partial charge in [-0.25, -0.2) is 13.6 Å². The molecule has 1 saturated carbocycles. The van der Waals surface area contributed by atoms with Crippen LogP contribution in [0.3, 0.4) is 0 Å². The van der Waals surface area contributed by atoms with Crippen LogP contribution in [0, 0.1) is 0 Å². The number of halogens is 2. The Morgan fingerprint density at radius 2 is 2.09 bits per heavy atom. The van der Waals surface area contributed by atoms with Gasteiger partial charge < -0.3 is 9.64 Å². The van der Waals surface area contributed by atoms with E-state index in [-0.39, 0.29) is 25.0 Å². The molecule has 0 aromatic carbocycles. The topological polar surface area (TPSA) is 47.4 Å². The Hall–Kier alpha value is -1.66. The Morgan fingerprint density at radius 1 is 1.41 bits per heavy atom. The molecule has 5 nitrogen and oxygen atoms in total. The predicted octanol–water partition coefficient (Wildman–Crippen LogP) is 3.15. The molecule has 3 rings (SSSR count). The van der Waals surface area contributed by atoms with Crippen molar-refractivity contribution in [2.45, 2.75) is 64.1 Å². The summed E-state index contributed by atoms with van der Waals surface area (Å²) < 4.78 is 33.1. The van der Waals surface area contributed by atoms with Gasteiger partial charge in [-0.05, 0) is 20.8 Å². The maximum atomic E-state index is 13.0. The Bertz CT molecular complexity index is 584. The average Bonchev–Trinajstić information content (AvgIpc) is 2.76. The summed E-state index contributed by atoms with van der Waals surface area (Å²) in [6.07, 6.45) is 1.67. The van der Waals surface area contributed by atoms with E-state index in [4.69, 9.17) is 4.74 Å². The van der Waals surface area contributed by atoms with Crippen LogP contribution in [0.5, 0.6) is 0 Å². The fraction of sp³-hybridized carbons (Fsp3) is 0.733. The van der Waals surface area contributed by atoms with Crippen molar-refractivity contribution in [2.75, 3.05) is 6.54 Å². The SMILES string of the molecule is CC(C)(C)OC(=O)N1CCc2c(cnn2C2CC(F)(F)C2)C1. The molecule has 1 aromatic heterocycles. The van der Waals surface area contributed by atoms with Crippen LogP contribution in [0.1, 0.15) is 50.9 Å². The van der Waals surface area contributed by atoms with Crippen molar-refractivity contribution >= 4 is 6.09 Å². The highest BCUT2D eigenvalue weighted by Gasteiger charge is 2.47. The van der Waals surface area contributed by atoms with Gasteiger partial charge in [0.15, 0.2) is 0 Å². The van der Waals surface area contributed by atoms with Gasteiger partial charge in [-0.2, -0.15) is 5.10 Å². The van der Waals surface area contributed by atoms with Crippen molar-refractivity contribution in [2.24, 2.45) is 0 Å². The summed E-state index contributed by atoms with van der Waals surface area (Å²) in [6.45, 7) is 6.43. The molecule has 1 aliphatic heterocycles. The molecule has 1 aromatic rings. The molecule has 22 heavy (non-hydrogen) atoms. The molecule has 122 valence electrons. The van der Waals surface area contributed by atoms with Crippen LogP contribution in [-0.2, 0) is 17.7 Å². The third-order valence-electron chi connectivity index (χ3n) is 4.03. The molecular weight excluding hydrogens is 292 g/mol. The van der Waals surface area contributed by atoms with Gasteiger partial charge >= 0.3 is 6.09 Å². The first-order valence-electron chi connectivity index (χ1n) is 7.56. The lowest BCUT2D eigenvalue weighted by atomic mass is 9.88. The van der Waals surface area contributed by atoms with Crippen molar-refractivity contribution in [3.8, 4) is 0 Å². The number of fused-ring (bicyclic) bond motifs is 1. The fourth-order valence-corrected chi connectivity index (χ4v) is 2.96. The fourth-order valence-electron chi connectivity index (χ4n) is 2.96. The Morgan fingerprint density at radius 3 is 2.68 bits per heavy atom. The van der Waals surface area contributed by atoms with E-state index < -0.39 is 11.5 Å². The second kappa shape index (κ2) is 4.93. The van der Waals surface area contributed by atoms with Crippen LogP contribution in [0.15, 0.2) is 6.20 Å². The summed E-state index contributed by atoms with van der Waals surface area (Å²) in [7, 11) is 0. The number of ether oxygens (including phenoxy) is 1. The largest absolute Gasteiger partial charge is 0.444 e. The molecule has 0 unspecified atom stereocenters. The minimum Gasteiger partial charge on any atom is -0.444 e. The van der Waals surface area contributed by atoms with Gasteiger partial charge in [-0.15, -0.1) is 0 Å². The zero-order chi connectivity index (χ0) is 16.1. The Labute approximate surface area is 128 Å². The van der Waals surface area contributed by atoms with E-state index in [0.29, 0.717) is 19.5 Å². The second-order valence-corrected chi connectivity index (χ2v) is 7.13. The molecule has 0 N–H and O–H groups in total. The first-order valence-corrected chi connectivity index (χ1v) is 7.56. The molecule has 0 atom stereocenters. The van der Waals surface area contributed by atoms with Gasteiger partial charge in [-0.3, -0.25) is 4.68 Å². The summed E-state index contributed by atoms with van der Waals surface area (Å²) in [4.78, 5) is 13.7. The lowest BCUT2D eigenvalue weighted by Gasteiger charge is -2.37. The summed E-state index contributed by atoms with van der Waals surface area (Å²) in [5.41, 5.74) is 1.37. The van der Waals surface area contributed by atoms with E-state index in [2.05, 4.69) is 5.10 Å². The maximum Gasteiger partial charge on any atom is 0.410 e. The highest BCUT2D eigenvalue weighted by molar-refractivity contribution is 5.68. The third kappa shape index (κ3) is 2.94. The average molecular weight is 313 g/mol. The molecular formula is C15H21F2N3O2. The van der Waals surface area contributed by atoms with E-state index in [1.807, 2.05) is 20.8 Å². The number of alkyl halides is 2. The molecule has 0 radical (unpaired) electrons. The molecule has 7 heteroatoms. The normalized spacial score (nSPS) is 21.2. The van der Waals surface area contributed by atoms with Crippen LogP contribution in [0.25, 0.3) is 0 Å². The zero-order valence-corrected chi connectivity index (χ0v) is 13.1. The highest BCUT2D eigenvalue weighted by Crippen LogP contribution is 2.46. The van der Waals surface area contributed by atoms with Crippen LogP contribution in [0.4, 0.5) is 13.6 Å². The first kappa shape index (κ1) is 15.2. The molecule has 2 aliphatic rings. The summed E-state index contributed by atoms with van der Waals surface area (Å²) in [6, 6.07) is -0.216. The monoisotopic (exact) mass is 313 g/mol. The number of carbonyl (C=O) groups is 1. The van der Waals surface area contributed by atoms with Crippen molar-refractivity contribution in [3.05, 3.63) is 17.5 Å². The number of amides is 1. The number of rotatable bonds is 1. The molecule has 0 bridgehead atoms. The first-order chi connectivity index (χ1) is 10.1. The summed E-state index contributed by atoms with van der Waals surface area (Å²) in [5.74, 6) is -2.55. The minimum absolute atomic E-state index is 0.142. The van der Waals surface area contributed by atoms with Crippen LogP contribution in [-0.4, -0.2) is 38.8 Å². The van der Waals surface area contributed by atoms with Crippen molar-refractivity contribution < 1.29 is 18.3 Å². The van der Waals surface area contributed by atoms with Gasteiger partial charge in [0, 0.05) is 37.1 Å².